The van der Waals surface area contributed by atoms with Gasteiger partial charge >= 0.3 is 0 Å². The van der Waals surface area contributed by atoms with E-state index in [1.165, 1.54) is 27.1 Å². The first-order valence-electron chi connectivity index (χ1n) is 10.9. The molecular formula is C27H26N2O2. The van der Waals surface area contributed by atoms with Crippen LogP contribution in [-0.4, -0.2) is 42.1 Å². The Morgan fingerprint density at radius 3 is 1.97 bits per heavy atom. The van der Waals surface area contributed by atoms with Crippen molar-refractivity contribution in [2.75, 3.05) is 31.1 Å². The van der Waals surface area contributed by atoms with Crippen LogP contribution in [0.3, 0.4) is 0 Å². The van der Waals surface area contributed by atoms with Crippen LogP contribution < -0.4 is 4.90 Å². The zero-order valence-electron chi connectivity index (χ0n) is 17.5. The van der Waals surface area contributed by atoms with Crippen molar-refractivity contribution >= 4 is 33.1 Å². The molecule has 1 aliphatic heterocycles. The Balaban J connectivity index is 1.29. The molecule has 1 fully saturated rings. The number of anilines is 1. The molecule has 5 rings (SSSR count). The maximum Gasteiger partial charge on any atom is 0.223 e. The molecule has 1 heterocycles. The van der Waals surface area contributed by atoms with Crippen molar-refractivity contribution < 1.29 is 9.90 Å². The normalized spacial score (nSPS) is 14.3. The highest BCUT2D eigenvalue weighted by molar-refractivity contribution is 6.02. The number of amides is 1. The molecule has 0 unspecified atom stereocenters. The van der Waals surface area contributed by atoms with Gasteiger partial charge in [-0.2, -0.15) is 0 Å². The first kappa shape index (κ1) is 19.4. The molecule has 0 atom stereocenters. The van der Waals surface area contributed by atoms with Crippen molar-refractivity contribution in [3.63, 3.8) is 0 Å². The topological polar surface area (TPSA) is 43.8 Å². The number of nitrogens with zero attached hydrogens (tertiary/aromatic N) is 2. The summed E-state index contributed by atoms with van der Waals surface area (Å²) < 4.78 is 0. The van der Waals surface area contributed by atoms with Gasteiger partial charge in [-0.15, -0.1) is 0 Å². The Labute approximate surface area is 182 Å². The molecule has 1 amide bonds. The van der Waals surface area contributed by atoms with Crippen molar-refractivity contribution in [1.29, 1.82) is 0 Å². The predicted octanol–water partition coefficient (Wildman–Crippen LogP) is 4.98. The van der Waals surface area contributed by atoms with E-state index >= 15 is 0 Å². The van der Waals surface area contributed by atoms with E-state index in [1.807, 2.05) is 17.0 Å². The SMILES string of the molecule is O=C(CCc1c2ccccc2cc2ccccc12)N1CCN(c2ccc(O)cc2)CC1. The smallest absolute Gasteiger partial charge is 0.223 e. The molecule has 31 heavy (non-hydrogen) atoms. The fraction of sp³-hybridized carbons (Fsp3) is 0.222. The van der Waals surface area contributed by atoms with E-state index in [2.05, 4.69) is 59.5 Å². The molecule has 0 spiro atoms. The number of aromatic hydroxyl groups is 1. The Hall–Kier alpha value is -3.53. The van der Waals surface area contributed by atoms with E-state index in [9.17, 15) is 9.90 Å². The summed E-state index contributed by atoms with van der Waals surface area (Å²) in [6.07, 6.45) is 1.27. The third kappa shape index (κ3) is 3.93. The van der Waals surface area contributed by atoms with E-state index in [1.54, 1.807) is 12.1 Å². The summed E-state index contributed by atoms with van der Waals surface area (Å²) >= 11 is 0. The van der Waals surface area contributed by atoms with Crippen LogP contribution >= 0.6 is 0 Å². The van der Waals surface area contributed by atoms with E-state index in [-0.39, 0.29) is 11.7 Å². The van der Waals surface area contributed by atoms with Gasteiger partial charge in [0.15, 0.2) is 0 Å². The minimum atomic E-state index is 0.224. The van der Waals surface area contributed by atoms with Gasteiger partial charge in [0.2, 0.25) is 5.91 Å². The summed E-state index contributed by atoms with van der Waals surface area (Å²) in [6.45, 7) is 3.09. The van der Waals surface area contributed by atoms with E-state index in [0.29, 0.717) is 6.42 Å². The molecule has 4 aromatic carbocycles. The zero-order chi connectivity index (χ0) is 21.2. The number of piperazine rings is 1. The Bertz CT molecular complexity index is 1170. The summed E-state index contributed by atoms with van der Waals surface area (Å²) in [5.74, 6) is 0.501. The number of rotatable bonds is 4. The Morgan fingerprint density at radius 1 is 0.774 bits per heavy atom. The van der Waals surface area contributed by atoms with Crippen molar-refractivity contribution in [3.05, 3.63) is 84.4 Å². The number of hydrogen-bond donors (Lipinski definition) is 1. The molecule has 4 heteroatoms. The van der Waals surface area contributed by atoms with Crippen molar-refractivity contribution in [1.82, 2.24) is 4.90 Å². The molecule has 4 nitrogen and oxygen atoms in total. The van der Waals surface area contributed by atoms with Crippen LogP contribution in [0.2, 0.25) is 0 Å². The molecule has 0 aromatic heterocycles. The van der Waals surface area contributed by atoms with Crippen molar-refractivity contribution in [2.45, 2.75) is 12.8 Å². The van der Waals surface area contributed by atoms with Gasteiger partial charge in [-0.05, 0) is 63.9 Å². The van der Waals surface area contributed by atoms with Crippen molar-refractivity contribution in [2.24, 2.45) is 0 Å². The first-order valence-corrected chi connectivity index (χ1v) is 10.9. The second kappa shape index (κ2) is 8.31. The fourth-order valence-corrected chi connectivity index (χ4v) is 4.64. The summed E-state index contributed by atoms with van der Waals surface area (Å²) in [5.41, 5.74) is 2.36. The van der Waals surface area contributed by atoms with Crippen LogP contribution in [0.1, 0.15) is 12.0 Å². The number of carbonyl (C=O) groups is 1. The highest BCUT2D eigenvalue weighted by Crippen LogP contribution is 2.29. The van der Waals surface area contributed by atoms with Crippen LogP contribution in [0.15, 0.2) is 78.9 Å². The second-order valence-electron chi connectivity index (χ2n) is 8.18. The Kier molecular flexibility index (Phi) is 5.21. The van der Waals surface area contributed by atoms with Gasteiger partial charge in [0, 0.05) is 38.3 Å². The second-order valence-corrected chi connectivity index (χ2v) is 8.18. The summed E-state index contributed by atoms with van der Waals surface area (Å²) in [4.78, 5) is 17.3. The number of hydrogen-bond acceptors (Lipinski definition) is 3. The largest absolute Gasteiger partial charge is 0.508 e. The number of fused-ring (bicyclic) bond motifs is 2. The number of carbonyl (C=O) groups excluding carboxylic acids is 1. The average molecular weight is 411 g/mol. The summed E-state index contributed by atoms with van der Waals surface area (Å²) in [7, 11) is 0. The summed E-state index contributed by atoms with van der Waals surface area (Å²) in [5, 5.41) is 14.4. The van der Waals surface area contributed by atoms with Gasteiger partial charge < -0.3 is 14.9 Å². The molecule has 0 saturated carbocycles. The standard InChI is InChI=1S/C27H26N2O2/c30-23-11-9-22(10-12-23)28-15-17-29(18-16-28)27(31)14-13-26-24-7-3-1-5-20(24)19-21-6-2-4-8-25(21)26/h1-12,19,30H,13-18H2. The van der Waals surface area contributed by atoms with Gasteiger partial charge in [-0.1, -0.05) is 48.5 Å². The van der Waals surface area contributed by atoms with Gasteiger partial charge in [0.1, 0.15) is 5.75 Å². The van der Waals surface area contributed by atoms with Gasteiger partial charge in [0.25, 0.3) is 0 Å². The lowest BCUT2D eigenvalue weighted by molar-refractivity contribution is -0.131. The van der Waals surface area contributed by atoms with Gasteiger partial charge in [0.05, 0.1) is 0 Å². The van der Waals surface area contributed by atoms with E-state index < -0.39 is 0 Å². The lowest BCUT2D eigenvalue weighted by Gasteiger charge is -2.36. The molecule has 0 radical (unpaired) electrons. The fourth-order valence-electron chi connectivity index (χ4n) is 4.64. The lowest BCUT2D eigenvalue weighted by atomic mass is 9.94. The number of phenolic OH excluding ortho intramolecular Hbond substituents is 1. The van der Waals surface area contributed by atoms with Crippen LogP contribution in [0, 0.1) is 0 Å². The van der Waals surface area contributed by atoms with Crippen LogP contribution in [-0.2, 0) is 11.2 Å². The molecule has 1 saturated heterocycles. The van der Waals surface area contributed by atoms with Crippen LogP contribution in [0.4, 0.5) is 5.69 Å². The number of phenols is 1. The van der Waals surface area contributed by atoms with E-state index in [0.717, 1.165) is 38.3 Å². The minimum Gasteiger partial charge on any atom is -0.508 e. The van der Waals surface area contributed by atoms with Crippen LogP contribution in [0.5, 0.6) is 5.75 Å². The Morgan fingerprint density at radius 2 is 1.35 bits per heavy atom. The van der Waals surface area contributed by atoms with E-state index in [4.69, 9.17) is 0 Å². The highest BCUT2D eigenvalue weighted by Gasteiger charge is 2.21. The van der Waals surface area contributed by atoms with Gasteiger partial charge in [-0.25, -0.2) is 0 Å². The first-order chi connectivity index (χ1) is 15.2. The molecule has 0 bridgehead atoms. The lowest BCUT2D eigenvalue weighted by Crippen LogP contribution is -2.48. The highest BCUT2D eigenvalue weighted by atomic mass is 16.3. The third-order valence-electron chi connectivity index (χ3n) is 6.32. The monoisotopic (exact) mass is 410 g/mol. The maximum absolute atomic E-state index is 13.0. The predicted molar refractivity (Wildman–Crippen MR) is 127 cm³/mol. The molecule has 0 aliphatic carbocycles. The zero-order valence-corrected chi connectivity index (χ0v) is 17.5. The maximum atomic E-state index is 13.0. The molecule has 156 valence electrons. The quantitative estimate of drug-likeness (QED) is 0.483. The molecule has 1 N–H and O–H groups in total. The molecule has 1 aliphatic rings. The number of benzene rings is 4. The van der Waals surface area contributed by atoms with Crippen LogP contribution in [0.25, 0.3) is 21.5 Å². The third-order valence-corrected chi connectivity index (χ3v) is 6.32. The average Bonchev–Trinajstić information content (AvgIpc) is 2.82. The van der Waals surface area contributed by atoms with Gasteiger partial charge in [-0.3, -0.25) is 4.79 Å². The minimum absolute atomic E-state index is 0.224. The van der Waals surface area contributed by atoms with Crippen molar-refractivity contribution in [3.8, 4) is 5.75 Å². The molecule has 4 aromatic rings. The number of aryl methyl sites for hydroxylation is 1. The summed E-state index contributed by atoms with van der Waals surface area (Å²) in [6, 6.07) is 26.4. The molecular weight excluding hydrogens is 384 g/mol.